The molecule has 5 heteroatoms. The van der Waals surface area contributed by atoms with Gasteiger partial charge in [0, 0.05) is 38.6 Å². The van der Waals surface area contributed by atoms with Gasteiger partial charge in [-0.3, -0.25) is 4.99 Å². The van der Waals surface area contributed by atoms with E-state index in [1.807, 2.05) is 12.5 Å². The Morgan fingerprint density at radius 2 is 2.17 bits per heavy atom. The zero-order valence-corrected chi connectivity index (χ0v) is 15.4. The summed E-state index contributed by atoms with van der Waals surface area (Å²) >= 11 is 0. The molecule has 2 unspecified atom stereocenters. The molecule has 0 bridgehead atoms. The molecule has 0 amide bonds. The van der Waals surface area contributed by atoms with Crippen molar-refractivity contribution in [2.45, 2.75) is 53.5 Å². The molecule has 23 heavy (non-hydrogen) atoms. The summed E-state index contributed by atoms with van der Waals surface area (Å²) in [7, 11) is 0. The van der Waals surface area contributed by atoms with Crippen LogP contribution in [-0.4, -0.2) is 46.6 Å². The van der Waals surface area contributed by atoms with Gasteiger partial charge in [-0.15, -0.1) is 0 Å². The van der Waals surface area contributed by atoms with Crippen molar-refractivity contribution in [3.8, 4) is 0 Å². The molecule has 1 saturated heterocycles. The minimum absolute atomic E-state index is 0.330. The summed E-state index contributed by atoms with van der Waals surface area (Å²) < 4.78 is 2.25. The first-order valence-electron chi connectivity index (χ1n) is 8.91. The fourth-order valence-corrected chi connectivity index (χ4v) is 3.02. The molecule has 1 N–H and O–H groups in total. The van der Waals surface area contributed by atoms with Crippen LogP contribution in [0, 0.1) is 11.3 Å². The Balaban J connectivity index is 2.05. The van der Waals surface area contributed by atoms with Crippen LogP contribution in [0.4, 0.5) is 0 Å². The van der Waals surface area contributed by atoms with Gasteiger partial charge in [-0.05, 0) is 31.1 Å². The second kappa shape index (κ2) is 7.84. The first-order valence-corrected chi connectivity index (χ1v) is 8.91. The lowest BCUT2D eigenvalue weighted by molar-refractivity contribution is 0.189. The van der Waals surface area contributed by atoms with Gasteiger partial charge in [0.15, 0.2) is 5.96 Å². The van der Waals surface area contributed by atoms with Crippen LogP contribution in [0.5, 0.6) is 0 Å². The molecule has 1 aliphatic heterocycles. The first kappa shape index (κ1) is 17.8. The SMILES string of the molecule is CCNC(=NCCC(C)(C)C)N1CCC(C)C(n2ccnc2)C1. The van der Waals surface area contributed by atoms with Gasteiger partial charge < -0.3 is 14.8 Å². The van der Waals surface area contributed by atoms with Crippen molar-refractivity contribution >= 4 is 5.96 Å². The summed E-state index contributed by atoms with van der Waals surface area (Å²) in [5.74, 6) is 1.73. The third-order valence-corrected chi connectivity index (χ3v) is 4.58. The highest BCUT2D eigenvalue weighted by Gasteiger charge is 2.28. The Hall–Kier alpha value is -1.52. The van der Waals surface area contributed by atoms with Crippen LogP contribution in [0.15, 0.2) is 23.7 Å². The smallest absolute Gasteiger partial charge is 0.193 e. The van der Waals surface area contributed by atoms with Gasteiger partial charge in [0.05, 0.1) is 12.4 Å². The Morgan fingerprint density at radius 1 is 1.39 bits per heavy atom. The molecule has 2 heterocycles. The molecule has 1 aliphatic rings. The third kappa shape index (κ3) is 5.26. The molecule has 0 aromatic carbocycles. The van der Waals surface area contributed by atoms with E-state index in [-0.39, 0.29) is 0 Å². The number of hydrogen-bond donors (Lipinski definition) is 1. The molecule has 0 aliphatic carbocycles. The van der Waals surface area contributed by atoms with Crippen LogP contribution >= 0.6 is 0 Å². The summed E-state index contributed by atoms with van der Waals surface area (Å²) in [6.45, 7) is 15.2. The summed E-state index contributed by atoms with van der Waals surface area (Å²) in [4.78, 5) is 11.5. The lowest BCUT2D eigenvalue weighted by Gasteiger charge is -2.39. The number of imidazole rings is 1. The van der Waals surface area contributed by atoms with E-state index in [0.717, 1.165) is 38.6 Å². The van der Waals surface area contributed by atoms with Crippen molar-refractivity contribution in [3.05, 3.63) is 18.7 Å². The number of likely N-dealkylation sites (tertiary alicyclic amines) is 1. The van der Waals surface area contributed by atoms with Crippen molar-refractivity contribution in [1.82, 2.24) is 19.8 Å². The summed E-state index contributed by atoms with van der Waals surface area (Å²) in [5.41, 5.74) is 0.330. The lowest BCUT2D eigenvalue weighted by Crippen LogP contribution is -2.49. The van der Waals surface area contributed by atoms with Crippen molar-refractivity contribution in [2.24, 2.45) is 16.3 Å². The molecular formula is C18H33N5. The molecule has 5 nitrogen and oxygen atoms in total. The van der Waals surface area contributed by atoms with Gasteiger partial charge in [0.1, 0.15) is 0 Å². The highest BCUT2D eigenvalue weighted by atomic mass is 15.3. The van der Waals surface area contributed by atoms with Gasteiger partial charge in [-0.1, -0.05) is 27.7 Å². The van der Waals surface area contributed by atoms with Gasteiger partial charge in [0.2, 0.25) is 0 Å². The Bertz CT molecular complexity index is 486. The number of rotatable bonds is 4. The molecular weight excluding hydrogens is 286 g/mol. The van der Waals surface area contributed by atoms with Crippen molar-refractivity contribution in [1.29, 1.82) is 0 Å². The Kier molecular flexibility index (Phi) is 6.08. The van der Waals surface area contributed by atoms with E-state index in [9.17, 15) is 0 Å². The van der Waals surface area contributed by atoms with E-state index in [2.05, 4.69) is 60.6 Å². The van der Waals surface area contributed by atoms with E-state index in [4.69, 9.17) is 4.99 Å². The largest absolute Gasteiger partial charge is 0.357 e. The second-order valence-corrected chi connectivity index (χ2v) is 7.84. The molecule has 0 radical (unpaired) electrons. The highest BCUT2D eigenvalue weighted by Crippen LogP contribution is 2.27. The predicted octanol–water partition coefficient (Wildman–Crippen LogP) is 3.17. The standard InChI is InChI=1S/C18H33N5/c1-6-20-17(21-9-8-18(3,4)5)22-11-7-15(2)16(13-22)23-12-10-19-14-23/h10,12,14-16H,6-9,11,13H2,1-5H3,(H,20,21). The van der Waals surface area contributed by atoms with Crippen molar-refractivity contribution < 1.29 is 0 Å². The maximum atomic E-state index is 4.87. The average Bonchev–Trinajstić information content (AvgIpc) is 3.00. The highest BCUT2D eigenvalue weighted by molar-refractivity contribution is 5.80. The van der Waals surface area contributed by atoms with Gasteiger partial charge >= 0.3 is 0 Å². The lowest BCUT2D eigenvalue weighted by atomic mass is 9.92. The van der Waals surface area contributed by atoms with E-state index < -0.39 is 0 Å². The molecule has 0 spiro atoms. The fraction of sp³-hybridized carbons (Fsp3) is 0.778. The van der Waals surface area contributed by atoms with Gasteiger partial charge in [-0.2, -0.15) is 0 Å². The van der Waals surface area contributed by atoms with Crippen LogP contribution in [-0.2, 0) is 0 Å². The number of aliphatic imine (C=N–C) groups is 1. The maximum Gasteiger partial charge on any atom is 0.193 e. The number of aromatic nitrogens is 2. The summed E-state index contributed by atoms with van der Waals surface area (Å²) in [5, 5.41) is 3.47. The number of nitrogens with one attached hydrogen (secondary N) is 1. The predicted molar refractivity (Wildman–Crippen MR) is 96.7 cm³/mol. The monoisotopic (exact) mass is 319 g/mol. The van der Waals surface area contributed by atoms with Gasteiger partial charge in [-0.25, -0.2) is 4.98 Å². The number of hydrogen-bond acceptors (Lipinski definition) is 2. The molecule has 2 rings (SSSR count). The second-order valence-electron chi connectivity index (χ2n) is 7.84. The zero-order chi connectivity index (χ0) is 16.9. The summed E-state index contributed by atoms with van der Waals surface area (Å²) in [6.07, 6.45) is 8.18. The van der Waals surface area contributed by atoms with Crippen LogP contribution in [0.1, 0.15) is 53.5 Å². The summed E-state index contributed by atoms with van der Waals surface area (Å²) in [6, 6.07) is 0.470. The maximum absolute atomic E-state index is 4.87. The Morgan fingerprint density at radius 3 is 2.78 bits per heavy atom. The third-order valence-electron chi connectivity index (χ3n) is 4.58. The van der Waals surface area contributed by atoms with Crippen LogP contribution < -0.4 is 5.32 Å². The van der Waals surface area contributed by atoms with Crippen LogP contribution in [0.2, 0.25) is 0 Å². The van der Waals surface area contributed by atoms with E-state index >= 15 is 0 Å². The molecule has 1 aromatic rings. The average molecular weight is 319 g/mol. The van der Waals surface area contributed by atoms with Crippen LogP contribution in [0.3, 0.4) is 0 Å². The molecule has 0 saturated carbocycles. The van der Waals surface area contributed by atoms with Crippen LogP contribution in [0.25, 0.3) is 0 Å². The molecule has 1 aromatic heterocycles. The first-order chi connectivity index (χ1) is 10.9. The van der Waals surface area contributed by atoms with Crippen molar-refractivity contribution in [2.75, 3.05) is 26.2 Å². The quantitative estimate of drug-likeness (QED) is 0.685. The molecule has 130 valence electrons. The normalized spacial score (nSPS) is 23.2. The molecule has 1 fully saturated rings. The van der Waals surface area contributed by atoms with E-state index in [0.29, 0.717) is 17.4 Å². The fourth-order valence-electron chi connectivity index (χ4n) is 3.02. The number of piperidine rings is 1. The van der Waals surface area contributed by atoms with E-state index in [1.54, 1.807) is 0 Å². The number of nitrogens with zero attached hydrogens (tertiary/aromatic N) is 4. The minimum Gasteiger partial charge on any atom is -0.357 e. The molecule has 2 atom stereocenters. The number of guanidine groups is 1. The minimum atomic E-state index is 0.330. The van der Waals surface area contributed by atoms with Crippen molar-refractivity contribution in [3.63, 3.8) is 0 Å². The zero-order valence-electron chi connectivity index (χ0n) is 15.4. The Labute approximate surface area is 141 Å². The van der Waals surface area contributed by atoms with Gasteiger partial charge in [0.25, 0.3) is 0 Å². The van der Waals surface area contributed by atoms with E-state index in [1.165, 1.54) is 6.42 Å². The topological polar surface area (TPSA) is 45.5 Å².